The Labute approximate surface area is 144 Å². The number of amides is 1. The fraction of sp³-hybridized carbons (Fsp3) is 0.588. The van der Waals surface area contributed by atoms with E-state index in [4.69, 9.17) is 9.47 Å². The summed E-state index contributed by atoms with van der Waals surface area (Å²) in [5.74, 6) is 1.98. The number of piperidine rings is 1. The van der Waals surface area contributed by atoms with Gasteiger partial charge in [-0.1, -0.05) is 6.92 Å². The summed E-state index contributed by atoms with van der Waals surface area (Å²) in [6, 6.07) is 5.34. The Kier molecular flexibility index (Phi) is 8.20. The zero-order valence-corrected chi connectivity index (χ0v) is 14.9. The molecule has 1 saturated heterocycles. The van der Waals surface area contributed by atoms with E-state index in [1.807, 2.05) is 4.90 Å². The lowest BCUT2D eigenvalue weighted by Gasteiger charge is -2.32. The van der Waals surface area contributed by atoms with E-state index in [1.165, 1.54) is 0 Å². The van der Waals surface area contributed by atoms with Gasteiger partial charge in [0.2, 0.25) is 0 Å². The van der Waals surface area contributed by atoms with Gasteiger partial charge >= 0.3 is 0 Å². The Morgan fingerprint density at radius 2 is 1.87 bits per heavy atom. The molecule has 1 aromatic rings. The number of benzene rings is 1. The average molecular weight is 343 g/mol. The highest BCUT2D eigenvalue weighted by Crippen LogP contribution is 2.28. The van der Waals surface area contributed by atoms with Gasteiger partial charge in [-0.25, -0.2) is 0 Å². The summed E-state index contributed by atoms with van der Waals surface area (Å²) in [7, 11) is 3.17. The fourth-order valence-electron chi connectivity index (χ4n) is 2.84. The van der Waals surface area contributed by atoms with Crippen LogP contribution in [0.3, 0.4) is 0 Å². The Morgan fingerprint density at radius 1 is 1.22 bits per heavy atom. The lowest BCUT2D eigenvalue weighted by Crippen LogP contribution is -2.40. The molecule has 0 aromatic heterocycles. The van der Waals surface area contributed by atoms with Crippen LogP contribution in [-0.4, -0.2) is 51.2 Å². The van der Waals surface area contributed by atoms with Gasteiger partial charge in [-0.2, -0.15) is 0 Å². The topological polar surface area (TPSA) is 50.8 Å². The molecule has 5 nitrogen and oxygen atoms in total. The van der Waals surface area contributed by atoms with Crippen molar-refractivity contribution in [2.75, 3.05) is 40.4 Å². The number of methoxy groups -OCH3 is 2. The summed E-state index contributed by atoms with van der Waals surface area (Å²) < 4.78 is 10.5. The fourth-order valence-corrected chi connectivity index (χ4v) is 2.84. The Hall–Kier alpha value is -1.46. The Balaban J connectivity index is 0.00000264. The molecule has 0 unspecified atom stereocenters. The largest absolute Gasteiger partial charge is 0.493 e. The van der Waals surface area contributed by atoms with Crippen LogP contribution in [0.1, 0.15) is 30.1 Å². The van der Waals surface area contributed by atoms with E-state index >= 15 is 0 Å². The number of ether oxygens (including phenoxy) is 2. The molecule has 2 rings (SSSR count). The quantitative estimate of drug-likeness (QED) is 0.863. The summed E-state index contributed by atoms with van der Waals surface area (Å²) in [5, 5.41) is 3.39. The maximum Gasteiger partial charge on any atom is 0.253 e. The second-order valence-corrected chi connectivity index (χ2v) is 5.61. The minimum Gasteiger partial charge on any atom is -0.493 e. The summed E-state index contributed by atoms with van der Waals surface area (Å²) in [6.07, 6.45) is 2.12. The minimum absolute atomic E-state index is 0. The van der Waals surface area contributed by atoms with E-state index in [9.17, 15) is 4.79 Å². The number of carbonyl (C=O) groups excluding carboxylic acids is 1. The standard InChI is InChI=1S/C17H26N2O3.ClH/c1-4-18-12-13-7-9-19(10-8-13)17(20)14-5-6-15(21-2)16(11-14)22-3;/h5-6,11,13,18H,4,7-10,12H2,1-3H3;1H. The number of nitrogens with zero attached hydrogens (tertiary/aromatic N) is 1. The van der Waals surface area contributed by atoms with Crippen molar-refractivity contribution in [1.82, 2.24) is 10.2 Å². The molecule has 0 bridgehead atoms. The molecule has 1 aliphatic heterocycles. The lowest BCUT2D eigenvalue weighted by atomic mass is 9.96. The predicted molar refractivity (Wildman–Crippen MR) is 94.0 cm³/mol. The molecule has 1 aromatic carbocycles. The maximum absolute atomic E-state index is 12.6. The first-order chi connectivity index (χ1) is 10.7. The molecular formula is C17H27ClN2O3. The first-order valence-corrected chi connectivity index (χ1v) is 7.91. The highest BCUT2D eigenvalue weighted by atomic mass is 35.5. The van der Waals surface area contributed by atoms with Gasteiger partial charge in [0.25, 0.3) is 5.91 Å². The maximum atomic E-state index is 12.6. The number of rotatable bonds is 6. The molecule has 1 fully saturated rings. The molecule has 0 atom stereocenters. The molecule has 0 saturated carbocycles. The number of nitrogens with one attached hydrogen (secondary N) is 1. The second kappa shape index (κ2) is 9.63. The van der Waals surface area contributed by atoms with Crippen LogP contribution in [0.15, 0.2) is 18.2 Å². The zero-order chi connectivity index (χ0) is 15.9. The molecule has 1 amide bonds. The molecule has 130 valence electrons. The first kappa shape index (κ1) is 19.6. The number of likely N-dealkylation sites (tertiary alicyclic amines) is 1. The molecule has 23 heavy (non-hydrogen) atoms. The summed E-state index contributed by atoms with van der Waals surface area (Å²) in [4.78, 5) is 14.5. The van der Waals surface area contributed by atoms with Crippen molar-refractivity contribution in [2.24, 2.45) is 5.92 Å². The van der Waals surface area contributed by atoms with Gasteiger partial charge in [-0.15, -0.1) is 12.4 Å². The van der Waals surface area contributed by atoms with E-state index in [0.29, 0.717) is 23.0 Å². The van der Waals surface area contributed by atoms with E-state index < -0.39 is 0 Å². The van der Waals surface area contributed by atoms with E-state index in [0.717, 1.165) is 39.0 Å². The third kappa shape index (κ3) is 5.01. The van der Waals surface area contributed by atoms with Crippen LogP contribution in [0.4, 0.5) is 0 Å². The number of halogens is 1. The number of hydrogen-bond acceptors (Lipinski definition) is 4. The van der Waals surface area contributed by atoms with Crippen LogP contribution in [0.5, 0.6) is 11.5 Å². The lowest BCUT2D eigenvalue weighted by molar-refractivity contribution is 0.0690. The molecule has 1 aliphatic rings. The second-order valence-electron chi connectivity index (χ2n) is 5.61. The van der Waals surface area contributed by atoms with Crippen LogP contribution in [0, 0.1) is 5.92 Å². The zero-order valence-electron chi connectivity index (χ0n) is 14.1. The van der Waals surface area contributed by atoms with Crippen LogP contribution in [0.25, 0.3) is 0 Å². The summed E-state index contributed by atoms with van der Waals surface area (Å²) in [5.41, 5.74) is 0.655. The van der Waals surface area contributed by atoms with Gasteiger partial charge in [-0.05, 0) is 50.0 Å². The van der Waals surface area contributed by atoms with E-state index in [2.05, 4.69) is 12.2 Å². The van der Waals surface area contributed by atoms with Crippen LogP contribution < -0.4 is 14.8 Å². The molecule has 0 radical (unpaired) electrons. The highest BCUT2D eigenvalue weighted by molar-refractivity contribution is 5.95. The molecule has 0 spiro atoms. The van der Waals surface area contributed by atoms with E-state index in [1.54, 1.807) is 32.4 Å². The molecule has 1 heterocycles. The van der Waals surface area contributed by atoms with Gasteiger partial charge in [0.15, 0.2) is 11.5 Å². The third-order valence-corrected chi connectivity index (χ3v) is 4.22. The summed E-state index contributed by atoms with van der Waals surface area (Å²) in [6.45, 7) is 5.82. The van der Waals surface area contributed by atoms with Gasteiger partial charge in [-0.3, -0.25) is 4.79 Å². The number of carbonyl (C=O) groups is 1. The SMILES string of the molecule is CCNCC1CCN(C(=O)c2ccc(OC)c(OC)c2)CC1.Cl. The van der Waals surface area contributed by atoms with Crippen molar-refractivity contribution < 1.29 is 14.3 Å². The van der Waals surface area contributed by atoms with Crippen LogP contribution >= 0.6 is 12.4 Å². The van der Waals surface area contributed by atoms with Crippen molar-refractivity contribution in [1.29, 1.82) is 0 Å². The monoisotopic (exact) mass is 342 g/mol. The van der Waals surface area contributed by atoms with Crippen molar-refractivity contribution in [3.05, 3.63) is 23.8 Å². The number of hydrogen-bond donors (Lipinski definition) is 1. The summed E-state index contributed by atoms with van der Waals surface area (Å²) >= 11 is 0. The molecule has 1 N–H and O–H groups in total. The normalized spacial score (nSPS) is 15.0. The van der Waals surface area contributed by atoms with Crippen LogP contribution in [0.2, 0.25) is 0 Å². The first-order valence-electron chi connectivity index (χ1n) is 7.91. The van der Waals surface area contributed by atoms with Crippen molar-refractivity contribution >= 4 is 18.3 Å². The van der Waals surface area contributed by atoms with E-state index in [-0.39, 0.29) is 18.3 Å². The van der Waals surface area contributed by atoms with Gasteiger partial charge in [0, 0.05) is 18.7 Å². The van der Waals surface area contributed by atoms with Gasteiger partial charge < -0.3 is 19.7 Å². The van der Waals surface area contributed by atoms with Crippen molar-refractivity contribution in [3.8, 4) is 11.5 Å². The Bertz CT molecular complexity index is 503. The Morgan fingerprint density at radius 3 is 2.43 bits per heavy atom. The molecule has 0 aliphatic carbocycles. The highest BCUT2D eigenvalue weighted by Gasteiger charge is 2.24. The molecule has 6 heteroatoms. The average Bonchev–Trinajstić information content (AvgIpc) is 2.59. The third-order valence-electron chi connectivity index (χ3n) is 4.22. The van der Waals surface area contributed by atoms with Crippen molar-refractivity contribution in [3.63, 3.8) is 0 Å². The molecular weight excluding hydrogens is 316 g/mol. The van der Waals surface area contributed by atoms with Gasteiger partial charge in [0.1, 0.15) is 0 Å². The smallest absolute Gasteiger partial charge is 0.253 e. The minimum atomic E-state index is 0. The predicted octanol–water partition coefficient (Wildman–Crippen LogP) is 2.59. The van der Waals surface area contributed by atoms with Gasteiger partial charge in [0.05, 0.1) is 14.2 Å². The van der Waals surface area contributed by atoms with Crippen molar-refractivity contribution in [2.45, 2.75) is 19.8 Å². The van der Waals surface area contributed by atoms with Crippen LogP contribution in [-0.2, 0) is 0 Å².